The van der Waals surface area contributed by atoms with E-state index in [9.17, 15) is 23.2 Å². The number of nitrogen functional groups attached to an aromatic ring is 1. The van der Waals surface area contributed by atoms with Gasteiger partial charge in [-0.15, -0.1) is 4.80 Å². The fourth-order valence-corrected chi connectivity index (χ4v) is 3.79. The highest BCUT2D eigenvalue weighted by Crippen LogP contribution is 2.37. The number of nitriles is 1. The predicted molar refractivity (Wildman–Crippen MR) is 122 cm³/mol. The predicted octanol–water partition coefficient (Wildman–Crippen LogP) is 3.73. The second-order valence-corrected chi connectivity index (χ2v) is 7.50. The number of alkyl halides is 3. The van der Waals surface area contributed by atoms with E-state index in [4.69, 9.17) is 5.73 Å². The second-order valence-electron chi connectivity index (χ2n) is 7.50. The molecule has 0 spiro atoms. The number of aromatic nitrogens is 6. The van der Waals surface area contributed by atoms with Gasteiger partial charge in [-0.3, -0.25) is 4.79 Å². The van der Waals surface area contributed by atoms with Crippen LogP contribution in [0.3, 0.4) is 0 Å². The van der Waals surface area contributed by atoms with E-state index in [-0.39, 0.29) is 28.6 Å². The summed E-state index contributed by atoms with van der Waals surface area (Å²) in [5, 5.41) is 20.5. The maximum Gasteiger partial charge on any atom is 0.432 e. The number of amides is 1. The van der Waals surface area contributed by atoms with Gasteiger partial charge in [-0.1, -0.05) is 24.3 Å². The topological polar surface area (TPSA) is 140 Å². The van der Waals surface area contributed by atoms with Crippen LogP contribution in [0.15, 0.2) is 67.4 Å². The molecule has 0 aliphatic carbocycles. The Bertz CT molecular complexity index is 1650. The number of nitrogens with one attached hydrogen (secondary N) is 1. The van der Waals surface area contributed by atoms with Gasteiger partial charge < -0.3 is 15.6 Å². The Morgan fingerprint density at radius 3 is 2.47 bits per heavy atom. The highest BCUT2D eigenvalue weighted by atomic mass is 19.4. The number of halogens is 3. The van der Waals surface area contributed by atoms with Crippen molar-refractivity contribution < 1.29 is 18.0 Å². The van der Waals surface area contributed by atoms with E-state index in [2.05, 4.69) is 25.5 Å². The molecule has 0 saturated heterocycles. The Balaban J connectivity index is 1.55. The quantitative estimate of drug-likeness (QED) is 0.392. The van der Waals surface area contributed by atoms with Gasteiger partial charge in [0.05, 0.1) is 41.7 Å². The number of nitrogens with zero attached hydrogens (tertiary/aromatic N) is 7. The average Bonchev–Trinajstić information content (AvgIpc) is 3.55. The minimum Gasteiger partial charge on any atom is -0.383 e. The van der Waals surface area contributed by atoms with Gasteiger partial charge in [0, 0.05) is 17.0 Å². The van der Waals surface area contributed by atoms with Crippen molar-refractivity contribution in [3.63, 3.8) is 0 Å². The van der Waals surface area contributed by atoms with Crippen molar-refractivity contribution in [1.29, 1.82) is 5.26 Å². The number of benzene rings is 1. The number of nitrogens with two attached hydrogens (primary N) is 1. The normalized spacial score (nSPS) is 11.4. The molecule has 1 amide bonds. The fraction of sp³-hybridized carbons (Fsp3) is 0.0435. The van der Waals surface area contributed by atoms with Crippen LogP contribution >= 0.6 is 0 Å². The summed E-state index contributed by atoms with van der Waals surface area (Å²) in [4.78, 5) is 22.1. The molecule has 0 radical (unpaired) electrons. The lowest BCUT2D eigenvalue weighted by Gasteiger charge is -2.16. The summed E-state index contributed by atoms with van der Waals surface area (Å²) in [6.07, 6.45) is 1.45. The molecule has 3 N–H and O–H groups in total. The molecule has 178 valence electrons. The number of fused-ring (bicyclic) bond motifs is 1. The Labute approximate surface area is 200 Å². The molecule has 0 atom stereocenters. The number of hydrogen-bond donors (Lipinski definition) is 2. The van der Waals surface area contributed by atoms with E-state index in [0.717, 1.165) is 21.6 Å². The lowest BCUT2D eigenvalue weighted by atomic mass is 10.1. The maximum absolute atomic E-state index is 14.2. The van der Waals surface area contributed by atoms with Crippen molar-refractivity contribution in [2.24, 2.45) is 0 Å². The molecule has 4 heterocycles. The third kappa shape index (κ3) is 3.86. The molecule has 0 aliphatic rings. The summed E-state index contributed by atoms with van der Waals surface area (Å²) in [5.74, 6) is -0.766. The minimum atomic E-state index is -4.88. The van der Waals surface area contributed by atoms with E-state index in [1.54, 1.807) is 24.3 Å². The molecular weight excluding hydrogens is 475 g/mol. The summed E-state index contributed by atoms with van der Waals surface area (Å²) >= 11 is 0. The zero-order valence-electron chi connectivity index (χ0n) is 18.1. The van der Waals surface area contributed by atoms with E-state index in [1.165, 1.54) is 30.9 Å². The summed E-state index contributed by atoms with van der Waals surface area (Å²) in [7, 11) is 0. The zero-order valence-corrected chi connectivity index (χ0v) is 18.1. The fourth-order valence-electron chi connectivity index (χ4n) is 3.79. The second kappa shape index (κ2) is 8.51. The first-order valence-electron chi connectivity index (χ1n) is 10.3. The van der Waals surface area contributed by atoms with Gasteiger partial charge in [-0.25, -0.2) is 9.97 Å². The smallest absolute Gasteiger partial charge is 0.383 e. The largest absolute Gasteiger partial charge is 0.432 e. The Morgan fingerprint density at radius 2 is 1.78 bits per heavy atom. The molecule has 1 aromatic carbocycles. The Morgan fingerprint density at radius 1 is 1.06 bits per heavy atom. The monoisotopic (exact) mass is 489 g/mol. The van der Waals surface area contributed by atoms with Crippen LogP contribution in [-0.2, 0) is 6.18 Å². The van der Waals surface area contributed by atoms with Gasteiger partial charge in [0.15, 0.2) is 5.82 Å². The van der Waals surface area contributed by atoms with Crippen LogP contribution < -0.4 is 11.1 Å². The van der Waals surface area contributed by atoms with Crippen molar-refractivity contribution in [1.82, 2.24) is 29.5 Å². The lowest BCUT2D eigenvalue weighted by Crippen LogP contribution is -2.21. The number of rotatable bonds is 4. The third-order valence-electron chi connectivity index (χ3n) is 5.32. The van der Waals surface area contributed by atoms with E-state index < -0.39 is 23.3 Å². The molecule has 0 bridgehead atoms. The maximum atomic E-state index is 14.2. The molecule has 0 aliphatic heterocycles. The van der Waals surface area contributed by atoms with E-state index in [0.29, 0.717) is 10.8 Å². The SMILES string of the molecule is N#Cc1cc(NC(=O)c2ccn(-c3cnc(N)c4ccccc34)c2C(F)(F)F)cnc1-n1nccn1. The van der Waals surface area contributed by atoms with Crippen molar-refractivity contribution >= 4 is 28.2 Å². The summed E-state index contributed by atoms with van der Waals surface area (Å²) in [6.45, 7) is 0. The van der Waals surface area contributed by atoms with Crippen LogP contribution in [0.2, 0.25) is 0 Å². The molecule has 0 fully saturated rings. The molecular formula is C23H14F3N9O. The lowest BCUT2D eigenvalue weighted by molar-refractivity contribution is -0.142. The number of carbonyl (C=O) groups excluding carboxylic acids is 1. The highest BCUT2D eigenvalue weighted by Gasteiger charge is 2.40. The van der Waals surface area contributed by atoms with Gasteiger partial charge in [0.2, 0.25) is 0 Å². The minimum absolute atomic E-state index is 0.0111. The summed E-state index contributed by atoms with van der Waals surface area (Å²) < 4.78 is 43.5. The molecule has 4 aromatic heterocycles. The van der Waals surface area contributed by atoms with Crippen molar-refractivity contribution in [2.75, 3.05) is 11.1 Å². The van der Waals surface area contributed by atoms with Crippen molar-refractivity contribution in [2.45, 2.75) is 6.18 Å². The van der Waals surface area contributed by atoms with Crippen LogP contribution in [0.1, 0.15) is 21.6 Å². The molecule has 36 heavy (non-hydrogen) atoms. The van der Waals surface area contributed by atoms with Crippen LogP contribution in [0.5, 0.6) is 0 Å². The first-order valence-corrected chi connectivity index (χ1v) is 10.3. The van der Waals surface area contributed by atoms with Crippen molar-refractivity contribution in [3.05, 3.63) is 84.2 Å². The first-order chi connectivity index (χ1) is 17.3. The first kappa shape index (κ1) is 22.5. The zero-order chi connectivity index (χ0) is 25.4. The van der Waals surface area contributed by atoms with Crippen LogP contribution in [-0.4, -0.2) is 35.4 Å². The van der Waals surface area contributed by atoms with Gasteiger partial charge in [-0.05, 0) is 12.1 Å². The van der Waals surface area contributed by atoms with Crippen molar-refractivity contribution in [3.8, 4) is 17.6 Å². The summed E-state index contributed by atoms with van der Waals surface area (Å²) in [5.41, 5.74) is 4.21. The highest BCUT2D eigenvalue weighted by molar-refractivity contribution is 6.06. The molecule has 5 rings (SSSR count). The molecule has 10 nitrogen and oxygen atoms in total. The number of hydrogen-bond acceptors (Lipinski definition) is 7. The molecule has 0 saturated carbocycles. The van der Waals surface area contributed by atoms with Crippen LogP contribution in [0.25, 0.3) is 22.3 Å². The molecule has 13 heteroatoms. The molecule has 0 unspecified atom stereocenters. The van der Waals surface area contributed by atoms with Gasteiger partial charge >= 0.3 is 6.18 Å². The standard InChI is InChI=1S/C23H14F3N9O/c24-23(25,26)19-17(5-8-34(19)18-12-29-20(28)16-4-2-1-3-15(16)18)22(36)33-14-9-13(10-27)21(30-11-14)35-31-6-7-32-35/h1-9,11-12H,(H2,28,29)(H,33,36). The Kier molecular flexibility index (Phi) is 5.33. The number of pyridine rings is 2. The van der Waals surface area contributed by atoms with E-state index in [1.807, 2.05) is 6.07 Å². The Hall–Kier alpha value is -5.25. The summed E-state index contributed by atoms with van der Waals surface area (Å²) in [6, 6.07) is 10.9. The third-order valence-corrected chi connectivity index (χ3v) is 5.32. The van der Waals surface area contributed by atoms with Gasteiger partial charge in [-0.2, -0.15) is 28.6 Å². The molecule has 5 aromatic rings. The number of anilines is 2. The van der Waals surface area contributed by atoms with Crippen LogP contribution in [0, 0.1) is 11.3 Å². The number of carbonyl (C=O) groups is 1. The van der Waals surface area contributed by atoms with Gasteiger partial charge in [0.1, 0.15) is 23.1 Å². The van der Waals surface area contributed by atoms with E-state index >= 15 is 0 Å². The van der Waals surface area contributed by atoms with Crippen LogP contribution in [0.4, 0.5) is 24.7 Å². The average molecular weight is 489 g/mol. The van der Waals surface area contributed by atoms with Gasteiger partial charge in [0.25, 0.3) is 5.91 Å².